The van der Waals surface area contributed by atoms with E-state index >= 15 is 0 Å². The fourth-order valence-electron chi connectivity index (χ4n) is 4.40. The summed E-state index contributed by atoms with van der Waals surface area (Å²) in [7, 11) is 1.68. The van der Waals surface area contributed by atoms with Gasteiger partial charge in [0.05, 0.1) is 28.9 Å². The van der Waals surface area contributed by atoms with Crippen LogP contribution < -0.4 is 25.2 Å². The molecule has 0 radical (unpaired) electrons. The second-order valence-corrected chi connectivity index (χ2v) is 9.50. The molecule has 1 unspecified atom stereocenters. The molecule has 0 spiro atoms. The lowest BCUT2D eigenvalue weighted by Gasteiger charge is -2.38. The highest BCUT2D eigenvalue weighted by atomic mass is 35.5. The summed E-state index contributed by atoms with van der Waals surface area (Å²) in [6.45, 7) is 7.07. The number of nitrogens with one attached hydrogen (secondary N) is 2. The van der Waals surface area contributed by atoms with E-state index in [1.54, 1.807) is 37.4 Å². The van der Waals surface area contributed by atoms with Crippen LogP contribution in [0.15, 0.2) is 66.7 Å². The molecule has 194 valence electrons. The smallest absolute Gasteiger partial charge is 0.257 e. The van der Waals surface area contributed by atoms with E-state index in [9.17, 15) is 9.59 Å². The third-order valence-electron chi connectivity index (χ3n) is 6.65. The Morgan fingerprint density at radius 3 is 2.22 bits per heavy atom. The van der Waals surface area contributed by atoms with E-state index < -0.39 is 0 Å². The summed E-state index contributed by atoms with van der Waals surface area (Å²) in [5, 5.41) is 6.33. The molecule has 4 rings (SSSR count). The first-order valence-corrected chi connectivity index (χ1v) is 12.9. The molecule has 2 amide bonds. The van der Waals surface area contributed by atoms with Gasteiger partial charge in [-0.2, -0.15) is 0 Å². The lowest BCUT2D eigenvalue weighted by atomic mass is 10.1. The van der Waals surface area contributed by atoms with Crippen molar-refractivity contribution < 1.29 is 14.3 Å². The first-order chi connectivity index (χ1) is 17.9. The molecule has 8 heteroatoms. The number of rotatable bonds is 8. The van der Waals surface area contributed by atoms with Gasteiger partial charge in [0.25, 0.3) is 11.8 Å². The maximum atomic E-state index is 13.3. The van der Waals surface area contributed by atoms with Crippen molar-refractivity contribution in [3.8, 4) is 5.75 Å². The van der Waals surface area contributed by atoms with Gasteiger partial charge in [-0.3, -0.25) is 9.59 Å². The van der Waals surface area contributed by atoms with Crippen molar-refractivity contribution >= 4 is 40.5 Å². The van der Waals surface area contributed by atoms with E-state index in [4.69, 9.17) is 16.3 Å². The fraction of sp³-hybridized carbons (Fsp3) is 0.310. The van der Waals surface area contributed by atoms with Crippen molar-refractivity contribution in [3.63, 3.8) is 0 Å². The Bertz CT molecular complexity index is 1260. The number of amides is 2. The Morgan fingerprint density at radius 2 is 1.54 bits per heavy atom. The summed E-state index contributed by atoms with van der Waals surface area (Å²) in [4.78, 5) is 30.7. The van der Waals surface area contributed by atoms with Gasteiger partial charge in [-0.15, -0.1) is 0 Å². The highest BCUT2D eigenvalue weighted by molar-refractivity contribution is 6.34. The monoisotopic (exact) mass is 520 g/mol. The minimum Gasteiger partial charge on any atom is -0.495 e. The number of benzene rings is 3. The quantitative estimate of drug-likeness (QED) is 0.413. The molecular weight excluding hydrogens is 488 g/mol. The van der Waals surface area contributed by atoms with Gasteiger partial charge in [0.15, 0.2) is 0 Å². The summed E-state index contributed by atoms with van der Waals surface area (Å²) >= 11 is 6.20. The van der Waals surface area contributed by atoms with Gasteiger partial charge in [-0.05, 0) is 55.8 Å². The maximum absolute atomic E-state index is 13.3. The first kappa shape index (κ1) is 26.4. The summed E-state index contributed by atoms with van der Waals surface area (Å²) in [6, 6.07) is 20.4. The molecule has 0 aromatic heterocycles. The molecule has 1 saturated heterocycles. The van der Waals surface area contributed by atoms with Gasteiger partial charge < -0.3 is 25.2 Å². The van der Waals surface area contributed by atoms with Crippen molar-refractivity contribution in [1.82, 2.24) is 5.32 Å². The summed E-state index contributed by atoms with van der Waals surface area (Å²) < 4.78 is 5.54. The molecule has 37 heavy (non-hydrogen) atoms. The largest absolute Gasteiger partial charge is 0.495 e. The number of para-hydroxylation sites is 2. The summed E-state index contributed by atoms with van der Waals surface area (Å²) in [6.07, 6.45) is 0.821. The average molecular weight is 521 g/mol. The van der Waals surface area contributed by atoms with Gasteiger partial charge in [0.2, 0.25) is 0 Å². The first-order valence-electron chi connectivity index (χ1n) is 12.5. The van der Waals surface area contributed by atoms with Crippen molar-refractivity contribution in [2.45, 2.75) is 26.3 Å². The van der Waals surface area contributed by atoms with Crippen molar-refractivity contribution in [1.29, 1.82) is 0 Å². The number of carbonyl (C=O) groups is 2. The lowest BCUT2D eigenvalue weighted by Crippen LogP contribution is -2.47. The Kier molecular flexibility index (Phi) is 8.56. The van der Waals surface area contributed by atoms with E-state index in [1.165, 1.54) is 0 Å². The van der Waals surface area contributed by atoms with Gasteiger partial charge in [0.1, 0.15) is 5.75 Å². The Balaban J connectivity index is 1.56. The van der Waals surface area contributed by atoms with Crippen LogP contribution >= 0.6 is 11.6 Å². The van der Waals surface area contributed by atoms with Crippen LogP contribution in [-0.2, 0) is 0 Å². The third-order valence-corrected chi connectivity index (χ3v) is 6.98. The Hall–Kier alpha value is -3.71. The zero-order valence-electron chi connectivity index (χ0n) is 21.5. The van der Waals surface area contributed by atoms with E-state index in [-0.39, 0.29) is 17.9 Å². The zero-order valence-corrected chi connectivity index (χ0v) is 22.2. The molecule has 3 aromatic rings. The van der Waals surface area contributed by atoms with Crippen molar-refractivity contribution in [3.05, 3.63) is 82.9 Å². The second kappa shape index (κ2) is 12.0. The van der Waals surface area contributed by atoms with Crippen LogP contribution in [0.4, 0.5) is 17.1 Å². The van der Waals surface area contributed by atoms with Crippen LogP contribution in [0.5, 0.6) is 5.75 Å². The molecule has 1 atom stereocenters. The van der Waals surface area contributed by atoms with Gasteiger partial charge in [-0.1, -0.05) is 42.8 Å². The minimum absolute atomic E-state index is 0.0316. The van der Waals surface area contributed by atoms with Crippen LogP contribution in [0.3, 0.4) is 0 Å². The number of piperazine rings is 1. The predicted octanol–water partition coefficient (Wildman–Crippen LogP) is 5.46. The minimum atomic E-state index is -0.322. The molecule has 2 N–H and O–H groups in total. The molecular formula is C29H33ClN4O3. The van der Waals surface area contributed by atoms with E-state index in [0.29, 0.717) is 21.8 Å². The van der Waals surface area contributed by atoms with E-state index in [1.807, 2.05) is 44.2 Å². The Morgan fingerprint density at radius 1 is 0.892 bits per heavy atom. The standard InChI is InChI=1S/C29H33ClN4O3/c1-4-20(2)31-29(36)23-19-21(32-28(35)22-9-5-6-10-24(22)30)13-14-25(23)33-15-17-34(18-16-33)26-11-7-8-12-27(26)37-3/h5-14,19-20H,4,15-18H2,1-3H3,(H,31,36)(H,32,35). The number of ether oxygens (including phenoxy) is 1. The maximum Gasteiger partial charge on any atom is 0.257 e. The third kappa shape index (κ3) is 6.17. The normalized spacial score (nSPS) is 14.2. The average Bonchev–Trinajstić information content (AvgIpc) is 2.93. The van der Waals surface area contributed by atoms with Crippen LogP contribution in [-0.4, -0.2) is 51.1 Å². The van der Waals surface area contributed by atoms with Gasteiger partial charge >= 0.3 is 0 Å². The fourth-order valence-corrected chi connectivity index (χ4v) is 4.62. The van der Waals surface area contributed by atoms with E-state index in [2.05, 4.69) is 26.5 Å². The SMILES string of the molecule is CCC(C)NC(=O)c1cc(NC(=O)c2ccccc2Cl)ccc1N1CCN(c2ccccc2OC)CC1. The van der Waals surface area contributed by atoms with Crippen LogP contribution in [0.25, 0.3) is 0 Å². The number of hydrogen-bond donors (Lipinski definition) is 2. The molecule has 0 saturated carbocycles. The highest BCUT2D eigenvalue weighted by Gasteiger charge is 2.24. The van der Waals surface area contributed by atoms with E-state index in [0.717, 1.165) is 49.7 Å². The molecule has 0 bridgehead atoms. The number of hydrogen-bond acceptors (Lipinski definition) is 5. The van der Waals surface area contributed by atoms with Crippen molar-refractivity contribution in [2.24, 2.45) is 0 Å². The molecule has 1 heterocycles. The van der Waals surface area contributed by atoms with Crippen molar-refractivity contribution in [2.75, 3.05) is 48.4 Å². The number of carbonyl (C=O) groups excluding carboxylic acids is 2. The van der Waals surface area contributed by atoms with Gasteiger partial charge in [0, 0.05) is 43.6 Å². The van der Waals surface area contributed by atoms with Crippen LogP contribution in [0, 0.1) is 0 Å². The molecule has 1 aliphatic rings. The number of nitrogens with zero attached hydrogens (tertiary/aromatic N) is 2. The zero-order chi connectivity index (χ0) is 26.4. The Labute approximate surface area is 223 Å². The van der Waals surface area contributed by atoms with Crippen LogP contribution in [0.2, 0.25) is 5.02 Å². The molecule has 1 aliphatic heterocycles. The van der Waals surface area contributed by atoms with Crippen LogP contribution in [0.1, 0.15) is 41.0 Å². The lowest BCUT2D eigenvalue weighted by molar-refractivity contribution is 0.0938. The second-order valence-electron chi connectivity index (χ2n) is 9.09. The number of halogens is 1. The highest BCUT2D eigenvalue weighted by Crippen LogP contribution is 2.31. The molecule has 7 nitrogen and oxygen atoms in total. The molecule has 0 aliphatic carbocycles. The predicted molar refractivity (Wildman–Crippen MR) is 150 cm³/mol. The topological polar surface area (TPSA) is 73.9 Å². The molecule has 1 fully saturated rings. The summed E-state index contributed by atoms with van der Waals surface area (Å²) in [5.74, 6) is 0.366. The summed E-state index contributed by atoms with van der Waals surface area (Å²) in [5.41, 5.74) is 3.36. The van der Waals surface area contributed by atoms with Gasteiger partial charge in [-0.25, -0.2) is 0 Å². The molecule has 3 aromatic carbocycles. The number of anilines is 3. The number of methoxy groups -OCH3 is 1.